The molecule has 0 radical (unpaired) electrons. The largest absolute Gasteiger partial charge is 0.361 e. The number of aryl methyl sites for hydroxylation is 1. The molecule has 1 aliphatic heterocycles. The van der Waals surface area contributed by atoms with Crippen molar-refractivity contribution in [3.8, 4) is 11.4 Å². The van der Waals surface area contributed by atoms with Gasteiger partial charge in [0.15, 0.2) is 5.82 Å². The molecule has 4 aromatic rings. The first-order valence-electron chi connectivity index (χ1n) is 9.95. The van der Waals surface area contributed by atoms with Crippen LogP contribution in [-0.4, -0.2) is 36.7 Å². The molecule has 1 atom stereocenters. The van der Waals surface area contributed by atoms with Gasteiger partial charge in [0.25, 0.3) is 0 Å². The summed E-state index contributed by atoms with van der Waals surface area (Å²) in [6.07, 6.45) is 8.38. The maximum atomic E-state index is 12.7. The Morgan fingerprint density at radius 3 is 2.90 bits per heavy atom. The molecule has 0 fully saturated rings. The molecule has 0 bridgehead atoms. The van der Waals surface area contributed by atoms with Gasteiger partial charge < -0.3 is 14.9 Å². The summed E-state index contributed by atoms with van der Waals surface area (Å²) in [4.78, 5) is 20.0. The van der Waals surface area contributed by atoms with Crippen molar-refractivity contribution >= 4 is 16.8 Å². The van der Waals surface area contributed by atoms with Gasteiger partial charge in [0.05, 0.1) is 6.42 Å². The number of rotatable bonds is 4. The quantitative estimate of drug-likeness (QED) is 0.564. The van der Waals surface area contributed by atoms with E-state index in [0.717, 1.165) is 59.5 Å². The first-order valence-corrected chi connectivity index (χ1v) is 9.95. The van der Waals surface area contributed by atoms with Crippen LogP contribution in [0.4, 0.5) is 0 Å². The van der Waals surface area contributed by atoms with Crippen LogP contribution in [0.15, 0.2) is 55.0 Å². The molecular weight excluding hydrogens is 364 g/mol. The summed E-state index contributed by atoms with van der Waals surface area (Å²) in [5.41, 5.74) is 3.11. The van der Waals surface area contributed by atoms with Gasteiger partial charge in [0.2, 0.25) is 5.91 Å². The Morgan fingerprint density at radius 1 is 1.14 bits per heavy atom. The Labute approximate surface area is 168 Å². The minimum absolute atomic E-state index is 0.0618. The molecule has 5 rings (SSSR count). The van der Waals surface area contributed by atoms with Crippen LogP contribution < -0.4 is 5.32 Å². The fourth-order valence-corrected chi connectivity index (χ4v) is 4.08. The third kappa shape index (κ3) is 3.51. The highest BCUT2D eigenvalue weighted by atomic mass is 16.1. The van der Waals surface area contributed by atoms with E-state index in [4.69, 9.17) is 0 Å². The lowest BCUT2D eigenvalue weighted by molar-refractivity contribution is -0.121. The van der Waals surface area contributed by atoms with Crippen molar-refractivity contribution in [2.75, 3.05) is 0 Å². The van der Waals surface area contributed by atoms with Crippen LogP contribution in [0.25, 0.3) is 22.3 Å². The molecule has 0 spiro atoms. The molecule has 1 amide bonds. The Bertz CT molecular complexity index is 1150. The zero-order chi connectivity index (χ0) is 19.6. The van der Waals surface area contributed by atoms with E-state index in [2.05, 4.69) is 30.0 Å². The van der Waals surface area contributed by atoms with Gasteiger partial charge in [-0.15, -0.1) is 10.2 Å². The standard InChI is InChI=1S/C22H22N6O/c29-21(13-16-14-24-19-4-2-1-3-18(16)19)25-17-5-6-20-26-27-22(28(20)12-9-17)15-7-10-23-11-8-15/h1-4,7-8,10-11,14,17,24H,5-6,9,12-13H2,(H,25,29). The number of hydrogen-bond acceptors (Lipinski definition) is 4. The highest BCUT2D eigenvalue weighted by Crippen LogP contribution is 2.23. The second kappa shape index (κ2) is 7.50. The Hall–Kier alpha value is -3.48. The molecule has 0 aliphatic carbocycles. The van der Waals surface area contributed by atoms with Gasteiger partial charge in [-0.3, -0.25) is 9.78 Å². The molecular formula is C22H22N6O. The number of aromatic nitrogens is 5. The highest BCUT2D eigenvalue weighted by Gasteiger charge is 2.22. The number of fused-ring (bicyclic) bond motifs is 2. The number of H-pyrrole nitrogens is 1. The molecule has 1 aliphatic rings. The number of nitrogens with one attached hydrogen (secondary N) is 2. The molecule has 1 unspecified atom stereocenters. The number of para-hydroxylation sites is 1. The lowest BCUT2D eigenvalue weighted by Gasteiger charge is -2.16. The van der Waals surface area contributed by atoms with Crippen molar-refractivity contribution in [1.82, 2.24) is 30.0 Å². The predicted octanol–water partition coefficient (Wildman–Crippen LogP) is 2.89. The van der Waals surface area contributed by atoms with E-state index >= 15 is 0 Å². The first-order chi connectivity index (χ1) is 14.3. The lowest BCUT2D eigenvalue weighted by atomic mass is 10.1. The van der Waals surface area contributed by atoms with Crippen LogP contribution in [0.1, 0.15) is 24.2 Å². The maximum Gasteiger partial charge on any atom is 0.224 e. The van der Waals surface area contributed by atoms with Crippen LogP contribution in [0.3, 0.4) is 0 Å². The summed E-state index contributed by atoms with van der Waals surface area (Å²) in [5.74, 6) is 1.91. The van der Waals surface area contributed by atoms with E-state index in [1.165, 1.54) is 0 Å². The van der Waals surface area contributed by atoms with Crippen molar-refractivity contribution in [3.05, 3.63) is 66.4 Å². The highest BCUT2D eigenvalue weighted by molar-refractivity contribution is 5.88. The van der Waals surface area contributed by atoms with Crippen LogP contribution >= 0.6 is 0 Å². The van der Waals surface area contributed by atoms with Gasteiger partial charge in [0, 0.05) is 54.1 Å². The van der Waals surface area contributed by atoms with Crippen molar-refractivity contribution in [3.63, 3.8) is 0 Å². The maximum absolute atomic E-state index is 12.7. The molecule has 0 saturated heterocycles. The monoisotopic (exact) mass is 386 g/mol. The molecule has 1 aromatic carbocycles. The van der Waals surface area contributed by atoms with Crippen LogP contribution in [0.2, 0.25) is 0 Å². The SMILES string of the molecule is O=C(Cc1c[nH]c2ccccc12)NC1CCc2nnc(-c3ccncc3)n2CC1. The summed E-state index contributed by atoms with van der Waals surface area (Å²) in [5, 5.41) is 13.1. The zero-order valence-electron chi connectivity index (χ0n) is 16.0. The van der Waals surface area contributed by atoms with Crippen LogP contribution in [0.5, 0.6) is 0 Å². The van der Waals surface area contributed by atoms with Crippen molar-refractivity contribution in [1.29, 1.82) is 0 Å². The van der Waals surface area contributed by atoms with E-state index in [1.54, 1.807) is 12.4 Å². The van der Waals surface area contributed by atoms with Gasteiger partial charge in [-0.25, -0.2) is 0 Å². The fraction of sp³-hybridized carbons (Fsp3) is 0.273. The molecule has 7 nitrogen and oxygen atoms in total. The third-order valence-corrected chi connectivity index (χ3v) is 5.57. The third-order valence-electron chi connectivity index (χ3n) is 5.57. The average molecular weight is 386 g/mol. The Balaban J connectivity index is 1.25. The molecule has 7 heteroatoms. The van der Waals surface area contributed by atoms with E-state index in [-0.39, 0.29) is 11.9 Å². The number of benzene rings is 1. The zero-order valence-corrected chi connectivity index (χ0v) is 16.0. The Kier molecular flexibility index (Phi) is 4.56. The van der Waals surface area contributed by atoms with Crippen molar-refractivity contribution in [2.45, 2.75) is 38.3 Å². The number of carbonyl (C=O) groups is 1. The number of amides is 1. The minimum Gasteiger partial charge on any atom is -0.361 e. The van der Waals surface area contributed by atoms with Gasteiger partial charge >= 0.3 is 0 Å². The summed E-state index contributed by atoms with van der Waals surface area (Å²) >= 11 is 0. The van der Waals surface area contributed by atoms with E-state index in [9.17, 15) is 4.79 Å². The number of pyridine rings is 1. The molecule has 29 heavy (non-hydrogen) atoms. The molecule has 146 valence electrons. The first kappa shape index (κ1) is 17.6. The van der Waals surface area contributed by atoms with Crippen molar-refractivity contribution in [2.24, 2.45) is 0 Å². The van der Waals surface area contributed by atoms with E-state index in [0.29, 0.717) is 6.42 Å². The molecule has 3 aromatic heterocycles. The van der Waals surface area contributed by atoms with Gasteiger partial charge in [0.1, 0.15) is 5.82 Å². The number of aromatic amines is 1. The van der Waals surface area contributed by atoms with Gasteiger partial charge in [-0.2, -0.15) is 0 Å². The van der Waals surface area contributed by atoms with Crippen LogP contribution in [0, 0.1) is 0 Å². The number of hydrogen-bond donors (Lipinski definition) is 2. The van der Waals surface area contributed by atoms with Crippen LogP contribution in [-0.2, 0) is 24.2 Å². The van der Waals surface area contributed by atoms with E-state index < -0.39 is 0 Å². The smallest absolute Gasteiger partial charge is 0.224 e. The summed E-state index contributed by atoms with van der Waals surface area (Å²) in [6.45, 7) is 0.790. The predicted molar refractivity (Wildman–Crippen MR) is 110 cm³/mol. The lowest BCUT2D eigenvalue weighted by Crippen LogP contribution is -2.36. The topological polar surface area (TPSA) is 88.5 Å². The summed E-state index contributed by atoms with van der Waals surface area (Å²) < 4.78 is 2.17. The summed E-state index contributed by atoms with van der Waals surface area (Å²) in [6, 6.07) is 12.1. The number of nitrogens with zero attached hydrogens (tertiary/aromatic N) is 4. The Morgan fingerprint density at radius 2 is 2.00 bits per heavy atom. The normalized spacial score (nSPS) is 16.3. The second-order valence-corrected chi connectivity index (χ2v) is 7.46. The number of carbonyl (C=O) groups excluding carboxylic acids is 1. The van der Waals surface area contributed by atoms with Gasteiger partial charge in [-0.05, 0) is 36.6 Å². The van der Waals surface area contributed by atoms with E-state index in [1.807, 2.05) is 42.6 Å². The van der Waals surface area contributed by atoms with Crippen molar-refractivity contribution < 1.29 is 4.79 Å². The molecule has 2 N–H and O–H groups in total. The molecule has 0 saturated carbocycles. The minimum atomic E-state index is 0.0618. The van der Waals surface area contributed by atoms with Gasteiger partial charge in [-0.1, -0.05) is 18.2 Å². The average Bonchev–Trinajstić information content (AvgIpc) is 3.29. The molecule has 4 heterocycles. The fourth-order valence-electron chi connectivity index (χ4n) is 4.08. The summed E-state index contributed by atoms with van der Waals surface area (Å²) in [7, 11) is 0. The second-order valence-electron chi connectivity index (χ2n) is 7.46.